The fourth-order valence-electron chi connectivity index (χ4n) is 1.58. The summed E-state index contributed by atoms with van der Waals surface area (Å²) in [7, 11) is 0. The van der Waals surface area contributed by atoms with Gasteiger partial charge in [0.1, 0.15) is 11.5 Å². The molecule has 2 rings (SSSR count). The van der Waals surface area contributed by atoms with E-state index in [-0.39, 0.29) is 0 Å². The fraction of sp³-hybridized carbons (Fsp3) is 0.143. The van der Waals surface area contributed by atoms with E-state index in [2.05, 4.69) is 0 Å². The molecule has 4 heteroatoms. The zero-order valence-corrected chi connectivity index (χ0v) is 10.2. The third-order valence-electron chi connectivity index (χ3n) is 2.32. The van der Waals surface area contributed by atoms with Gasteiger partial charge in [0.05, 0.1) is 0 Å². The van der Waals surface area contributed by atoms with Crippen LogP contribution in [-0.2, 0) is 0 Å². The lowest BCUT2D eigenvalue weighted by atomic mass is 10.3. The average Bonchev–Trinajstić information content (AvgIpc) is 2.28. The smallest absolute Gasteiger partial charge is 0.238 e. The first-order valence-corrected chi connectivity index (χ1v) is 5.68. The first-order chi connectivity index (χ1) is 8.63. The van der Waals surface area contributed by atoms with Crippen molar-refractivity contribution in [2.75, 3.05) is 11.5 Å². The van der Waals surface area contributed by atoms with Gasteiger partial charge in [-0.2, -0.15) is 0 Å². The van der Waals surface area contributed by atoms with Gasteiger partial charge in [-0.3, -0.25) is 0 Å². The molecular weight excluding hydrogens is 228 g/mol. The van der Waals surface area contributed by atoms with Crippen LogP contribution in [0.15, 0.2) is 48.5 Å². The molecule has 2 aromatic carbocycles. The molecular formula is C14H16N2O2. The van der Waals surface area contributed by atoms with Crippen molar-refractivity contribution in [3.05, 3.63) is 48.5 Å². The monoisotopic (exact) mass is 244 g/mol. The van der Waals surface area contributed by atoms with Crippen molar-refractivity contribution in [1.82, 2.24) is 0 Å². The average molecular weight is 244 g/mol. The van der Waals surface area contributed by atoms with Crippen molar-refractivity contribution >= 4 is 11.4 Å². The summed E-state index contributed by atoms with van der Waals surface area (Å²) in [6, 6.07) is 14.4. The maximum Gasteiger partial charge on any atom is 0.238 e. The molecule has 2 aromatic rings. The minimum Gasteiger partial charge on any atom is -0.455 e. The van der Waals surface area contributed by atoms with Crippen LogP contribution in [-0.4, -0.2) is 6.29 Å². The standard InChI is InChI=1S/C14H16N2O2/c1-10(17-13-6-2-4-11(15)8-13)18-14-7-3-5-12(16)9-14/h2-10H,15-16H2,1H3. The van der Waals surface area contributed by atoms with Crippen LogP contribution < -0.4 is 20.9 Å². The van der Waals surface area contributed by atoms with Crippen LogP contribution in [0.1, 0.15) is 6.92 Å². The SMILES string of the molecule is CC(Oc1cccc(N)c1)Oc1cccc(N)c1. The Hall–Kier alpha value is -2.36. The van der Waals surface area contributed by atoms with E-state index in [1.54, 1.807) is 24.3 Å². The Balaban J connectivity index is 1.98. The molecule has 0 saturated carbocycles. The van der Waals surface area contributed by atoms with Gasteiger partial charge >= 0.3 is 0 Å². The molecule has 0 amide bonds. The van der Waals surface area contributed by atoms with Gasteiger partial charge in [0.2, 0.25) is 6.29 Å². The zero-order chi connectivity index (χ0) is 13.0. The van der Waals surface area contributed by atoms with Gasteiger partial charge in [-0.1, -0.05) is 12.1 Å². The van der Waals surface area contributed by atoms with Gasteiger partial charge < -0.3 is 20.9 Å². The molecule has 0 aliphatic heterocycles. The summed E-state index contributed by atoms with van der Waals surface area (Å²) in [6.07, 6.45) is -0.423. The molecule has 0 unspecified atom stereocenters. The molecule has 0 aliphatic rings. The molecule has 0 aromatic heterocycles. The highest BCUT2D eigenvalue weighted by molar-refractivity contribution is 5.44. The Bertz CT molecular complexity index is 481. The molecule has 4 N–H and O–H groups in total. The summed E-state index contributed by atoms with van der Waals surface area (Å²) in [6.45, 7) is 1.81. The number of nitrogens with two attached hydrogens (primary N) is 2. The Labute approximate surface area is 106 Å². The molecule has 4 nitrogen and oxygen atoms in total. The van der Waals surface area contributed by atoms with Gasteiger partial charge in [-0.15, -0.1) is 0 Å². The van der Waals surface area contributed by atoms with Crippen LogP contribution in [0.2, 0.25) is 0 Å². The Morgan fingerprint density at radius 2 is 1.28 bits per heavy atom. The van der Waals surface area contributed by atoms with Crippen LogP contribution in [0.3, 0.4) is 0 Å². The first kappa shape index (κ1) is 12.1. The number of benzene rings is 2. The highest BCUT2D eigenvalue weighted by atomic mass is 16.7. The molecule has 0 spiro atoms. The first-order valence-electron chi connectivity index (χ1n) is 5.68. The Kier molecular flexibility index (Phi) is 3.57. The van der Waals surface area contributed by atoms with Crippen molar-refractivity contribution in [2.45, 2.75) is 13.2 Å². The van der Waals surface area contributed by atoms with Crippen molar-refractivity contribution in [1.29, 1.82) is 0 Å². The lowest BCUT2D eigenvalue weighted by Crippen LogP contribution is -2.19. The van der Waals surface area contributed by atoms with Gasteiger partial charge in [0.25, 0.3) is 0 Å². The number of anilines is 2. The Morgan fingerprint density at radius 3 is 1.67 bits per heavy atom. The molecule has 0 aliphatic carbocycles. The van der Waals surface area contributed by atoms with E-state index in [9.17, 15) is 0 Å². The van der Waals surface area contributed by atoms with Gasteiger partial charge in [-0.05, 0) is 24.3 Å². The van der Waals surface area contributed by atoms with Gasteiger partial charge in [0.15, 0.2) is 0 Å². The second kappa shape index (κ2) is 5.31. The maximum atomic E-state index is 5.67. The summed E-state index contributed by atoms with van der Waals surface area (Å²) in [4.78, 5) is 0. The molecule has 0 fully saturated rings. The second-order valence-corrected chi connectivity index (χ2v) is 3.95. The predicted octanol–water partition coefficient (Wildman–Crippen LogP) is 2.65. The summed E-state index contributed by atoms with van der Waals surface area (Å²) in [5.41, 5.74) is 12.7. The van der Waals surface area contributed by atoms with Crippen LogP contribution >= 0.6 is 0 Å². The van der Waals surface area contributed by atoms with E-state index >= 15 is 0 Å². The predicted molar refractivity (Wildman–Crippen MR) is 72.4 cm³/mol. The highest BCUT2D eigenvalue weighted by Crippen LogP contribution is 2.19. The molecule has 18 heavy (non-hydrogen) atoms. The number of rotatable bonds is 4. The molecule has 0 radical (unpaired) electrons. The van der Waals surface area contributed by atoms with E-state index in [1.165, 1.54) is 0 Å². The van der Waals surface area contributed by atoms with Crippen molar-refractivity contribution in [2.24, 2.45) is 0 Å². The Morgan fingerprint density at radius 1 is 0.833 bits per heavy atom. The van der Waals surface area contributed by atoms with Crippen molar-refractivity contribution < 1.29 is 9.47 Å². The maximum absolute atomic E-state index is 5.67. The lowest BCUT2D eigenvalue weighted by Gasteiger charge is -2.17. The second-order valence-electron chi connectivity index (χ2n) is 3.95. The normalized spacial score (nSPS) is 10.3. The number of nitrogen functional groups attached to an aromatic ring is 2. The van der Waals surface area contributed by atoms with Crippen LogP contribution in [0.25, 0.3) is 0 Å². The van der Waals surface area contributed by atoms with E-state index in [0.29, 0.717) is 22.9 Å². The number of hydrogen-bond donors (Lipinski definition) is 2. The van der Waals surface area contributed by atoms with E-state index < -0.39 is 6.29 Å². The minimum atomic E-state index is -0.423. The highest BCUT2D eigenvalue weighted by Gasteiger charge is 2.06. The number of hydrogen-bond acceptors (Lipinski definition) is 4. The lowest BCUT2D eigenvalue weighted by molar-refractivity contribution is 0.0224. The molecule has 0 atom stereocenters. The van der Waals surface area contributed by atoms with Crippen LogP contribution in [0.4, 0.5) is 11.4 Å². The van der Waals surface area contributed by atoms with Crippen molar-refractivity contribution in [3.8, 4) is 11.5 Å². The quantitative estimate of drug-likeness (QED) is 0.640. The summed E-state index contributed by atoms with van der Waals surface area (Å²) in [5, 5.41) is 0. The minimum absolute atomic E-state index is 0.423. The largest absolute Gasteiger partial charge is 0.455 e. The van der Waals surface area contributed by atoms with E-state index in [4.69, 9.17) is 20.9 Å². The summed E-state index contributed by atoms with van der Waals surface area (Å²) >= 11 is 0. The molecule has 0 bridgehead atoms. The zero-order valence-electron chi connectivity index (χ0n) is 10.2. The third-order valence-corrected chi connectivity index (χ3v) is 2.32. The van der Waals surface area contributed by atoms with Crippen LogP contribution in [0.5, 0.6) is 11.5 Å². The molecule has 0 heterocycles. The number of ether oxygens (including phenoxy) is 2. The molecule has 94 valence electrons. The van der Waals surface area contributed by atoms with Gasteiger partial charge in [0, 0.05) is 30.4 Å². The topological polar surface area (TPSA) is 70.5 Å². The summed E-state index contributed by atoms with van der Waals surface area (Å²) in [5.74, 6) is 1.35. The van der Waals surface area contributed by atoms with Crippen molar-refractivity contribution in [3.63, 3.8) is 0 Å². The summed E-state index contributed by atoms with van der Waals surface area (Å²) < 4.78 is 11.2. The van der Waals surface area contributed by atoms with Crippen LogP contribution in [0, 0.1) is 0 Å². The third kappa shape index (κ3) is 3.31. The van der Waals surface area contributed by atoms with E-state index in [0.717, 1.165) is 0 Å². The molecule has 0 saturated heterocycles. The van der Waals surface area contributed by atoms with Gasteiger partial charge in [-0.25, -0.2) is 0 Å². The fourth-order valence-corrected chi connectivity index (χ4v) is 1.58. The van der Waals surface area contributed by atoms with E-state index in [1.807, 2.05) is 31.2 Å².